The topological polar surface area (TPSA) is 58.6 Å². The van der Waals surface area contributed by atoms with Crippen LogP contribution in [0.5, 0.6) is 5.75 Å². The molecule has 0 aliphatic rings. The number of carbonyl (C=O) groups is 1. The Balaban J connectivity index is 2.74. The summed E-state index contributed by atoms with van der Waals surface area (Å²) in [5, 5.41) is 11.7. The molecule has 0 heterocycles. The van der Waals surface area contributed by atoms with E-state index in [2.05, 4.69) is 37.2 Å². The Morgan fingerprint density at radius 3 is 2.47 bits per heavy atom. The van der Waals surface area contributed by atoms with Gasteiger partial charge in [-0.05, 0) is 56.5 Å². The van der Waals surface area contributed by atoms with Crippen molar-refractivity contribution in [2.24, 2.45) is 0 Å². The molecule has 17 heavy (non-hydrogen) atoms. The lowest BCUT2D eigenvalue weighted by Crippen LogP contribution is -2.28. The maximum Gasteiger partial charge on any atom is 0.257 e. The minimum Gasteiger partial charge on any atom is -0.481 e. The summed E-state index contributed by atoms with van der Waals surface area (Å²) in [6, 6.07) is 3.50. The van der Waals surface area contributed by atoms with Crippen molar-refractivity contribution >= 4 is 37.8 Å². The highest BCUT2D eigenvalue weighted by atomic mass is 79.9. The lowest BCUT2D eigenvalue weighted by Gasteiger charge is -2.11. The van der Waals surface area contributed by atoms with Crippen molar-refractivity contribution in [1.82, 2.24) is 5.32 Å². The highest BCUT2D eigenvalue weighted by Gasteiger charge is 2.10. The highest BCUT2D eigenvalue weighted by Crippen LogP contribution is 2.34. The van der Waals surface area contributed by atoms with Crippen LogP contribution in [-0.4, -0.2) is 24.2 Å². The van der Waals surface area contributed by atoms with E-state index in [-0.39, 0.29) is 19.1 Å². The molecule has 0 spiro atoms. The van der Waals surface area contributed by atoms with E-state index in [0.717, 1.165) is 5.56 Å². The molecule has 1 rings (SSSR count). The Morgan fingerprint density at radius 1 is 1.41 bits per heavy atom. The number of hydrogen-bond acceptors (Lipinski definition) is 3. The van der Waals surface area contributed by atoms with Crippen LogP contribution >= 0.6 is 31.9 Å². The predicted octanol–water partition coefficient (Wildman–Crippen LogP) is 2.22. The molecule has 0 aliphatic carbocycles. The van der Waals surface area contributed by atoms with Crippen LogP contribution < -0.4 is 10.1 Å². The molecule has 0 bridgehead atoms. The Bertz CT molecular complexity index is 387. The minimum absolute atomic E-state index is 0.0382. The standard InChI is InChI=1S/C11H13Br2NO3/c1-2-14-10(16)6-17-11-8(12)3-7(5-15)4-9(11)13/h3-4,15H,2,5-6H2,1H3,(H,14,16). The molecule has 4 nitrogen and oxygen atoms in total. The molecule has 0 aliphatic heterocycles. The summed E-state index contributed by atoms with van der Waals surface area (Å²) in [6.07, 6.45) is 0. The first-order valence-electron chi connectivity index (χ1n) is 5.06. The smallest absolute Gasteiger partial charge is 0.257 e. The first-order valence-corrected chi connectivity index (χ1v) is 6.65. The molecule has 0 saturated heterocycles. The number of aliphatic hydroxyl groups excluding tert-OH is 1. The predicted molar refractivity (Wildman–Crippen MR) is 71.9 cm³/mol. The third-order valence-electron chi connectivity index (χ3n) is 1.96. The van der Waals surface area contributed by atoms with Gasteiger partial charge in [0.2, 0.25) is 0 Å². The largest absolute Gasteiger partial charge is 0.481 e. The second kappa shape index (κ2) is 6.98. The number of amides is 1. The normalized spacial score (nSPS) is 10.1. The van der Waals surface area contributed by atoms with Crippen molar-refractivity contribution in [1.29, 1.82) is 0 Å². The van der Waals surface area contributed by atoms with Gasteiger partial charge in [0.1, 0.15) is 5.75 Å². The molecular formula is C11H13Br2NO3. The SMILES string of the molecule is CCNC(=O)COc1c(Br)cc(CO)cc1Br. The van der Waals surface area contributed by atoms with Crippen LogP contribution in [0, 0.1) is 0 Å². The van der Waals surface area contributed by atoms with Gasteiger partial charge in [0.25, 0.3) is 5.91 Å². The fourth-order valence-electron chi connectivity index (χ4n) is 1.23. The summed E-state index contributed by atoms with van der Waals surface area (Å²) in [5.74, 6) is 0.381. The van der Waals surface area contributed by atoms with Gasteiger partial charge >= 0.3 is 0 Å². The molecule has 1 aromatic rings. The molecular weight excluding hydrogens is 354 g/mol. The maximum absolute atomic E-state index is 11.3. The Kier molecular flexibility index (Phi) is 5.94. The van der Waals surface area contributed by atoms with Crippen molar-refractivity contribution < 1.29 is 14.6 Å². The van der Waals surface area contributed by atoms with E-state index in [1.165, 1.54) is 0 Å². The minimum atomic E-state index is -0.169. The van der Waals surface area contributed by atoms with E-state index >= 15 is 0 Å². The molecule has 0 radical (unpaired) electrons. The molecule has 0 fully saturated rings. The first kappa shape index (κ1) is 14.5. The number of halogens is 2. The van der Waals surface area contributed by atoms with E-state index in [1.807, 2.05) is 6.92 Å². The second-order valence-electron chi connectivity index (χ2n) is 3.29. The third-order valence-corrected chi connectivity index (χ3v) is 3.14. The number of likely N-dealkylation sites (N-methyl/N-ethyl adjacent to an activating group) is 1. The van der Waals surface area contributed by atoms with Crippen molar-refractivity contribution in [2.75, 3.05) is 13.2 Å². The van der Waals surface area contributed by atoms with Crippen LogP contribution in [0.3, 0.4) is 0 Å². The molecule has 1 aromatic carbocycles. The molecule has 0 saturated carbocycles. The summed E-state index contributed by atoms with van der Waals surface area (Å²) in [4.78, 5) is 11.3. The molecule has 94 valence electrons. The van der Waals surface area contributed by atoms with Gasteiger partial charge in [-0.2, -0.15) is 0 Å². The van der Waals surface area contributed by atoms with E-state index in [9.17, 15) is 4.79 Å². The van der Waals surface area contributed by atoms with Crippen LogP contribution in [0.2, 0.25) is 0 Å². The Labute approximate surface area is 117 Å². The number of ether oxygens (including phenoxy) is 1. The Morgan fingerprint density at radius 2 is 2.00 bits per heavy atom. The molecule has 0 unspecified atom stereocenters. The van der Waals surface area contributed by atoms with E-state index in [1.54, 1.807) is 12.1 Å². The lowest BCUT2D eigenvalue weighted by atomic mass is 10.2. The summed E-state index contributed by atoms with van der Waals surface area (Å²) in [7, 11) is 0. The number of aliphatic hydroxyl groups is 1. The van der Waals surface area contributed by atoms with Gasteiger partial charge in [0, 0.05) is 6.54 Å². The van der Waals surface area contributed by atoms with Crippen molar-refractivity contribution in [3.63, 3.8) is 0 Å². The molecule has 2 N–H and O–H groups in total. The monoisotopic (exact) mass is 365 g/mol. The van der Waals surface area contributed by atoms with Gasteiger partial charge in [-0.25, -0.2) is 0 Å². The molecule has 0 aromatic heterocycles. The van der Waals surface area contributed by atoms with Gasteiger partial charge in [-0.15, -0.1) is 0 Å². The quantitative estimate of drug-likeness (QED) is 0.839. The van der Waals surface area contributed by atoms with E-state index in [0.29, 0.717) is 21.2 Å². The molecule has 1 amide bonds. The second-order valence-corrected chi connectivity index (χ2v) is 5.00. The fraction of sp³-hybridized carbons (Fsp3) is 0.364. The van der Waals surface area contributed by atoms with Crippen LogP contribution in [0.4, 0.5) is 0 Å². The van der Waals surface area contributed by atoms with E-state index < -0.39 is 0 Å². The third kappa shape index (κ3) is 4.29. The van der Waals surface area contributed by atoms with Gasteiger partial charge in [0.05, 0.1) is 15.6 Å². The number of benzene rings is 1. The zero-order chi connectivity index (χ0) is 12.8. The van der Waals surface area contributed by atoms with Crippen LogP contribution in [0.25, 0.3) is 0 Å². The summed E-state index contributed by atoms with van der Waals surface area (Å²) in [6.45, 7) is 2.34. The highest BCUT2D eigenvalue weighted by molar-refractivity contribution is 9.11. The average molecular weight is 367 g/mol. The average Bonchev–Trinajstić information content (AvgIpc) is 2.28. The van der Waals surface area contributed by atoms with Crippen molar-refractivity contribution in [2.45, 2.75) is 13.5 Å². The number of carbonyl (C=O) groups excluding carboxylic acids is 1. The summed E-state index contributed by atoms with van der Waals surface area (Å²) in [5.41, 5.74) is 0.758. The van der Waals surface area contributed by atoms with Crippen LogP contribution in [0.1, 0.15) is 12.5 Å². The van der Waals surface area contributed by atoms with Crippen molar-refractivity contribution in [3.05, 3.63) is 26.6 Å². The van der Waals surface area contributed by atoms with Gasteiger partial charge in [0.15, 0.2) is 6.61 Å². The molecule has 6 heteroatoms. The van der Waals surface area contributed by atoms with Gasteiger partial charge < -0.3 is 15.2 Å². The van der Waals surface area contributed by atoms with Gasteiger partial charge in [-0.1, -0.05) is 0 Å². The number of nitrogens with one attached hydrogen (secondary N) is 1. The number of rotatable bonds is 5. The summed E-state index contributed by atoms with van der Waals surface area (Å²) >= 11 is 6.66. The Hall–Kier alpha value is -0.590. The molecule has 0 atom stereocenters. The van der Waals surface area contributed by atoms with Crippen molar-refractivity contribution in [3.8, 4) is 5.75 Å². The zero-order valence-corrected chi connectivity index (χ0v) is 12.5. The van der Waals surface area contributed by atoms with E-state index in [4.69, 9.17) is 9.84 Å². The summed E-state index contributed by atoms with van der Waals surface area (Å²) < 4.78 is 6.78. The van der Waals surface area contributed by atoms with Crippen LogP contribution in [-0.2, 0) is 11.4 Å². The van der Waals surface area contributed by atoms with Gasteiger partial charge in [-0.3, -0.25) is 4.79 Å². The first-order chi connectivity index (χ1) is 8.08. The zero-order valence-electron chi connectivity index (χ0n) is 9.30. The maximum atomic E-state index is 11.3. The lowest BCUT2D eigenvalue weighted by molar-refractivity contribution is -0.123. The fourth-order valence-corrected chi connectivity index (χ4v) is 2.74. The van der Waals surface area contributed by atoms with Crippen LogP contribution in [0.15, 0.2) is 21.1 Å². The number of hydrogen-bond donors (Lipinski definition) is 2.